The minimum Gasteiger partial charge on any atom is -0.309 e. The molecule has 0 saturated carbocycles. The fourth-order valence-corrected chi connectivity index (χ4v) is 8.18. The number of aromatic nitrogens is 3. The van der Waals surface area contributed by atoms with Crippen LogP contribution >= 0.6 is 0 Å². The molecule has 0 radical (unpaired) electrons. The Hall–Kier alpha value is -6.84. The number of hydrogen-bond acceptors (Lipinski definition) is 2. The third-order valence-electron chi connectivity index (χ3n) is 10.5. The third kappa shape index (κ3) is 4.25. The van der Waals surface area contributed by atoms with Gasteiger partial charge in [0.15, 0.2) is 5.82 Å². The largest absolute Gasteiger partial charge is 0.309 e. The highest BCUT2D eigenvalue weighted by molar-refractivity contribution is 6.21. The molecule has 0 N–H and O–H groups in total. The minimum atomic E-state index is 0.707. The standard InChI is InChI=1S/C48H29N3/c1-2-14-32-29-45-42(27-31(32)13-1)40-25-24-30-12-3-6-19-37(30)47(40)51(45)35-17-11-16-34(26-35)48-49-44-23-10-9-22-41(44)46(50-48)43-28-33-15-4-5-18-36(33)38-20-7-8-21-39(38)43/h1-29H. The molecule has 0 unspecified atom stereocenters. The van der Waals surface area contributed by atoms with E-state index in [4.69, 9.17) is 9.97 Å². The zero-order chi connectivity index (χ0) is 33.5. The summed E-state index contributed by atoms with van der Waals surface area (Å²) >= 11 is 0. The Kier molecular flexibility index (Phi) is 5.96. The lowest BCUT2D eigenvalue weighted by molar-refractivity contribution is 1.18. The van der Waals surface area contributed by atoms with Crippen LogP contribution in [0.5, 0.6) is 0 Å². The number of nitrogens with zero attached hydrogens (tertiary/aromatic N) is 3. The van der Waals surface area contributed by atoms with Gasteiger partial charge in [-0.2, -0.15) is 0 Å². The second kappa shape index (κ2) is 10.8. The van der Waals surface area contributed by atoms with Gasteiger partial charge in [-0.3, -0.25) is 0 Å². The first-order valence-corrected chi connectivity index (χ1v) is 17.4. The zero-order valence-corrected chi connectivity index (χ0v) is 27.6. The van der Waals surface area contributed by atoms with Crippen LogP contribution < -0.4 is 0 Å². The number of fused-ring (bicyclic) bond motifs is 10. The van der Waals surface area contributed by atoms with Crippen LogP contribution in [0.25, 0.3) is 104 Å². The molecule has 0 amide bonds. The normalized spacial score (nSPS) is 11.9. The van der Waals surface area contributed by atoms with Gasteiger partial charge in [0.1, 0.15) is 0 Å². The predicted molar refractivity (Wildman–Crippen MR) is 215 cm³/mol. The van der Waals surface area contributed by atoms with Crippen molar-refractivity contribution in [3.8, 4) is 28.3 Å². The lowest BCUT2D eigenvalue weighted by Gasteiger charge is -2.15. The summed E-state index contributed by atoms with van der Waals surface area (Å²) in [6, 6.07) is 63.2. The molecule has 11 rings (SSSR count). The summed E-state index contributed by atoms with van der Waals surface area (Å²) in [6.07, 6.45) is 0. The first-order valence-electron chi connectivity index (χ1n) is 17.4. The molecule has 9 aromatic carbocycles. The van der Waals surface area contributed by atoms with Gasteiger partial charge in [0.2, 0.25) is 0 Å². The average molecular weight is 648 g/mol. The van der Waals surface area contributed by atoms with Crippen LogP contribution in [0.3, 0.4) is 0 Å². The Morgan fingerprint density at radius 2 is 1.04 bits per heavy atom. The molecule has 0 aliphatic heterocycles. The maximum atomic E-state index is 5.42. The lowest BCUT2D eigenvalue weighted by Crippen LogP contribution is -1.98. The number of para-hydroxylation sites is 1. The summed E-state index contributed by atoms with van der Waals surface area (Å²) in [5.74, 6) is 0.707. The van der Waals surface area contributed by atoms with E-state index in [0.717, 1.165) is 33.4 Å². The molecule has 51 heavy (non-hydrogen) atoms. The van der Waals surface area contributed by atoms with Crippen LogP contribution in [0.15, 0.2) is 176 Å². The summed E-state index contributed by atoms with van der Waals surface area (Å²) in [4.78, 5) is 10.6. The highest BCUT2D eigenvalue weighted by Crippen LogP contribution is 2.40. The quantitative estimate of drug-likeness (QED) is 0.179. The number of benzene rings is 9. The smallest absolute Gasteiger partial charge is 0.160 e. The van der Waals surface area contributed by atoms with Crippen molar-refractivity contribution in [1.29, 1.82) is 0 Å². The van der Waals surface area contributed by atoms with Crippen molar-refractivity contribution >= 4 is 75.8 Å². The summed E-state index contributed by atoms with van der Waals surface area (Å²) < 4.78 is 2.43. The molecule has 0 saturated heterocycles. The minimum absolute atomic E-state index is 0.707. The second-order valence-corrected chi connectivity index (χ2v) is 13.4. The van der Waals surface area contributed by atoms with Crippen LogP contribution in [0.1, 0.15) is 0 Å². The van der Waals surface area contributed by atoms with Gasteiger partial charge in [-0.15, -0.1) is 0 Å². The molecule has 0 atom stereocenters. The zero-order valence-electron chi connectivity index (χ0n) is 27.6. The molecule has 3 heteroatoms. The van der Waals surface area contributed by atoms with E-state index in [1.165, 1.54) is 64.9 Å². The Bertz CT molecular complexity index is 3210. The molecule has 11 aromatic rings. The average Bonchev–Trinajstić information content (AvgIpc) is 3.53. The lowest BCUT2D eigenvalue weighted by atomic mass is 9.94. The summed E-state index contributed by atoms with van der Waals surface area (Å²) in [6.45, 7) is 0. The van der Waals surface area contributed by atoms with Crippen molar-refractivity contribution in [3.63, 3.8) is 0 Å². The summed E-state index contributed by atoms with van der Waals surface area (Å²) in [7, 11) is 0. The van der Waals surface area contributed by atoms with E-state index < -0.39 is 0 Å². The molecule has 0 aliphatic carbocycles. The molecule has 2 heterocycles. The van der Waals surface area contributed by atoms with E-state index in [-0.39, 0.29) is 0 Å². The highest BCUT2D eigenvalue weighted by Gasteiger charge is 2.19. The maximum Gasteiger partial charge on any atom is 0.160 e. The molecular weight excluding hydrogens is 619 g/mol. The van der Waals surface area contributed by atoms with Crippen molar-refractivity contribution in [1.82, 2.24) is 14.5 Å². The third-order valence-corrected chi connectivity index (χ3v) is 10.5. The van der Waals surface area contributed by atoms with Gasteiger partial charge in [-0.25, -0.2) is 9.97 Å². The molecule has 236 valence electrons. The van der Waals surface area contributed by atoms with Crippen LogP contribution in [-0.4, -0.2) is 14.5 Å². The molecule has 0 fully saturated rings. The van der Waals surface area contributed by atoms with Crippen molar-refractivity contribution in [2.24, 2.45) is 0 Å². The Morgan fingerprint density at radius 3 is 1.88 bits per heavy atom. The van der Waals surface area contributed by atoms with Crippen molar-refractivity contribution in [2.45, 2.75) is 0 Å². The molecule has 0 spiro atoms. The van der Waals surface area contributed by atoms with E-state index in [1.807, 2.05) is 0 Å². The molecule has 0 aliphatic rings. The second-order valence-electron chi connectivity index (χ2n) is 13.4. The number of hydrogen-bond donors (Lipinski definition) is 0. The van der Waals surface area contributed by atoms with Crippen LogP contribution in [0, 0.1) is 0 Å². The first-order chi connectivity index (χ1) is 25.3. The van der Waals surface area contributed by atoms with Gasteiger partial charge in [-0.1, -0.05) is 140 Å². The van der Waals surface area contributed by atoms with E-state index in [9.17, 15) is 0 Å². The van der Waals surface area contributed by atoms with E-state index in [0.29, 0.717) is 5.82 Å². The first kappa shape index (κ1) is 28.0. The van der Waals surface area contributed by atoms with E-state index >= 15 is 0 Å². The van der Waals surface area contributed by atoms with E-state index in [2.05, 4.69) is 180 Å². The molecule has 2 aromatic heterocycles. The molecule has 3 nitrogen and oxygen atoms in total. The predicted octanol–water partition coefficient (Wildman–Crippen LogP) is 12.7. The Balaban J connectivity index is 1.19. The highest BCUT2D eigenvalue weighted by atomic mass is 15.0. The maximum absolute atomic E-state index is 5.42. The van der Waals surface area contributed by atoms with Gasteiger partial charge in [0, 0.05) is 38.4 Å². The Morgan fingerprint density at radius 1 is 0.373 bits per heavy atom. The van der Waals surface area contributed by atoms with E-state index in [1.54, 1.807) is 0 Å². The SMILES string of the molecule is c1cc(-c2nc(-c3cc4ccccc4c4ccccc34)c3ccccc3n2)cc(-n2c3cc4ccccc4cc3c3ccc4ccccc4c32)c1. The summed E-state index contributed by atoms with van der Waals surface area (Å²) in [5, 5.41) is 13.3. The fraction of sp³-hybridized carbons (Fsp3) is 0. The molecule has 0 bridgehead atoms. The van der Waals surface area contributed by atoms with Crippen molar-refractivity contribution in [2.75, 3.05) is 0 Å². The topological polar surface area (TPSA) is 30.7 Å². The van der Waals surface area contributed by atoms with Crippen LogP contribution in [-0.2, 0) is 0 Å². The summed E-state index contributed by atoms with van der Waals surface area (Å²) in [5.41, 5.74) is 7.42. The van der Waals surface area contributed by atoms with Gasteiger partial charge in [-0.05, 0) is 74.1 Å². The molecular formula is C48H29N3. The van der Waals surface area contributed by atoms with Crippen molar-refractivity contribution < 1.29 is 0 Å². The van der Waals surface area contributed by atoms with Crippen LogP contribution in [0.4, 0.5) is 0 Å². The number of rotatable bonds is 3. The van der Waals surface area contributed by atoms with Gasteiger partial charge in [0.25, 0.3) is 0 Å². The van der Waals surface area contributed by atoms with Crippen molar-refractivity contribution in [3.05, 3.63) is 176 Å². The fourth-order valence-electron chi connectivity index (χ4n) is 8.18. The van der Waals surface area contributed by atoms with Gasteiger partial charge in [0.05, 0.1) is 22.2 Å². The monoisotopic (exact) mass is 647 g/mol. The van der Waals surface area contributed by atoms with Gasteiger partial charge >= 0.3 is 0 Å². The van der Waals surface area contributed by atoms with Crippen LogP contribution in [0.2, 0.25) is 0 Å². The Labute approximate surface area is 293 Å². The van der Waals surface area contributed by atoms with Gasteiger partial charge < -0.3 is 4.57 Å².